The molecule has 102 valence electrons. The Bertz CT molecular complexity index is 309. The first-order chi connectivity index (χ1) is 8.76. The van der Waals surface area contributed by atoms with Gasteiger partial charge in [0.25, 0.3) is 0 Å². The first kappa shape index (κ1) is 19.0. The predicted octanol–water partition coefficient (Wildman–Crippen LogP) is 4.09. The fourth-order valence-electron chi connectivity index (χ4n) is 1.40. The third kappa shape index (κ3) is 8.78. The topological polar surface area (TPSA) is 35.8 Å². The highest BCUT2D eigenvalue weighted by atomic mass is 14.9. The van der Waals surface area contributed by atoms with Crippen molar-refractivity contribution in [3.63, 3.8) is 0 Å². The van der Waals surface area contributed by atoms with Crippen LogP contribution in [0.25, 0.3) is 0 Å². The van der Waals surface area contributed by atoms with Crippen molar-refractivity contribution in [3.05, 3.63) is 35.4 Å². The molecule has 0 fully saturated rings. The minimum atomic E-state index is 0.266. The summed E-state index contributed by atoms with van der Waals surface area (Å²) in [4.78, 5) is 0. The second kappa shape index (κ2) is 13.7. The van der Waals surface area contributed by atoms with Gasteiger partial charge in [-0.15, -0.1) is 0 Å². The van der Waals surface area contributed by atoms with Crippen LogP contribution >= 0.6 is 0 Å². The predicted molar refractivity (Wildman–Crippen MR) is 80.7 cm³/mol. The van der Waals surface area contributed by atoms with Crippen molar-refractivity contribution < 1.29 is 0 Å². The number of aryl methyl sites for hydroxylation is 1. The van der Waals surface area contributed by atoms with Gasteiger partial charge in [0, 0.05) is 6.04 Å². The summed E-state index contributed by atoms with van der Waals surface area (Å²) in [6.45, 7) is 10.1. The Balaban J connectivity index is 0. The standard InChI is InChI=1S/C12H16N2.2C2H6/c1-10-3-5-11(6-4-10)9-12(14-2)7-8-13;2*1-2/h3-6,12,14H,7,9H2,1-2H3;2*1-2H3. The minimum absolute atomic E-state index is 0.266. The molecule has 2 nitrogen and oxygen atoms in total. The molecule has 0 amide bonds. The Morgan fingerprint density at radius 1 is 1.11 bits per heavy atom. The van der Waals surface area contributed by atoms with E-state index in [0.717, 1.165) is 6.42 Å². The van der Waals surface area contributed by atoms with Crippen molar-refractivity contribution in [3.8, 4) is 6.07 Å². The second-order valence-electron chi connectivity index (χ2n) is 3.54. The summed E-state index contributed by atoms with van der Waals surface area (Å²) in [7, 11) is 1.90. The van der Waals surface area contributed by atoms with E-state index in [9.17, 15) is 0 Å². The van der Waals surface area contributed by atoms with Crippen LogP contribution in [-0.4, -0.2) is 13.1 Å². The number of hydrogen-bond acceptors (Lipinski definition) is 2. The summed E-state index contributed by atoms with van der Waals surface area (Å²) >= 11 is 0. The maximum absolute atomic E-state index is 8.60. The molecular formula is C16H28N2. The van der Waals surface area contributed by atoms with Crippen molar-refractivity contribution >= 4 is 0 Å². The van der Waals surface area contributed by atoms with Crippen LogP contribution in [0, 0.1) is 18.3 Å². The molecule has 1 aromatic rings. The minimum Gasteiger partial charge on any atom is -0.316 e. The molecule has 0 aromatic heterocycles. The Morgan fingerprint density at radius 3 is 2.00 bits per heavy atom. The Labute approximate surface area is 113 Å². The average Bonchev–Trinajstić information content (AvgIpc) is 2.45. The molecule has 1 rings (SSSR count). The Morgan fingerprint density at radius 2 is 1.61 bits per heavy atom. The molecule has 0 heterocycles. The summed E-state index contributed by atoms with van der Waals surface area (Å²) in [5, 5.41) is 11.7. The quantitative estimate of drug-likeness (QED) is 0.871. The van der Waals surface area contributed by atoms with Crippen LogP contribution < -0.4 is 5.32 Å². The van der Waals surface area contributed by atoms with Gasteiger partial charge in [0.2, 0.25) is 0 Å². The lowest BCUT2D eigenvalue weighted by Gasteiger charge is -2.12. The first-order valence-corrected chi connectivity index (χ1v) is 6.86. The van der Waals surface area contributed by atoms with Gasteiger partial charge in [0.05, 0.1) is 12.5 Å². The number of hydrogen-bond donors (Lipinski definition) is 1. The lowest BCUT2D eigenvalue weighted by Crippen LogP contribution is -2.26. The first-order valence-electron chi connectivity index (χ1n) is 6.86. The largest absolute Gasteiger partial charge is 0.316 e. The van der Waals surface area contributed by atoms with Gasteiger partial charge < -0.3 is 5.32 Å². The number of rotatable bonds is 4. The van der Waals surface area contributed by atoms with Gasteiger partial charge in [0.15, 0.2) is 0 Å². The zero-order valence-corrected chi connectivity index (χ0v) is 12.7. The fraction of sp³-hybridized carbons (Fsp3) is 0.562. The lowest BCUT2D eigenvalue weighted by molar-refractivity contribution is 0.570. The third-order valence-corrected chi connectivity index (χ3v) is 2.35. The van der Waals surface area contributed by atoms with Crippen molar-refractivity contribution in [2.75, 3.05) is 7.05 Å². The van der Waals surface area contributed by atoms with E-state index in [4.69, 9.17) is 5.26 Å². The van der Waals surface area contributed by atoms with E-state index in [2.05, 4.69) is 42.6 Å². The molecule has 0 saturated carbocycles. The smallest absolute Gasteiger partial charge is 0.0638 e. The summed E-state index contributed by atoms with van der Waals surface area (Å²) < 4.78 is 0. The van der Waals surface area contributed by atoms with E-state index in [1.165, 1.54) is 11.1 Å². The zero-order valence-electron chi connectivity index (χ0n) is 12.7. The summed E-state index contributed by atoms with van der Waals surface area (Å²) in [5.74, 6) is 0. The molecule has 0 bridgehead atoms. The van der Waals surface area contributed by atoms with Crippen LogP contribution in [0.3, 0.4) is 0 Å². The molecule has 1 unspecified atom stereocenters. The maximum Gasteiger partial charge on any atom is 0.0638 e. The number of benzene rings is 1. The van der Waals surface area contributed by atoms with Gasteiger partial charge in [-0.2, -0.15) is 5.26 Å². The van der Waals surface area contributed by atoms with E-state index in [-0.39, 0.29) is 6.04 Å². The highest BCUT2D eigenvalue weighted by Gasteiger charge is 2.05. The molecule has 1 N–H and O–H groups in total. The molecule has 0 aliphatic carbocycles. The molecule has 0 saturated heterocycles. The van der Waals surface area contributed by atoms with Gasteiger partial charge in [-0.1, -0.05) is 57.5 Å². The molecule has 0 aliphatic rings. The number of likely N-dealkylation sites (N-methyl/N-ethyl adjacent to an activating group) is 1. The van der Waals surface area contributed by atoms with Gasteiger partial charge in [0.1, 0.15) is 0 Å². The SMILES string of the molecule is CC.CC.CNC(CC#N)Cc1ccc(C)cc1. The van der Waals surface area contributed by atoms with Gasteiger partial charge >= 0.3 is 0 Å². The van der Waals surface area contributed by atoms with E-state index >= 15 is 0 Å². The monoisotopic (exact) mass is 248 g/mol. The zero-order chi connectivity index (χ0) is 14.4. The number of nitrogens with zero attached hydrogens (tertiary/aromatic N) is 1. The lowest BCUT2D eigenvalue weighted by atomic mass is 10.0. The Hall–Kier alpha value is -1.33. The van der Waals surface area contributed by atoms with Crippen LogP contribution in [0.4, 0.5) is 0 Å². The van der Waals surface area contributed by atoms with E-state index < -0.39 is 0 Å². The third-order valence-electron chi connectivity index (χ3n) is 2.35. The van der Waals surface area contributed by atoms with Crippen LogP contribution in [0.15, 0.2) is 24.3 Å². The van der Waals surface area contributed by atoms with Crippen molar-refractivity contribution in [1.29, 1.82) is 5.26 Å². The summed E-state index contributed by atoms with van der Waals surface area (Å²) in [6, 6.07) is 10.9. The van der Waals surface area contributed by atoms with Crippen molar-refractivity contribution in [1.82, 2.24) is 5.32 Å². The highest BCUT2D eigenvalue weighted by Crippen LogP contribution is 2.07. The van der Waals surface area contributed by atoms with Crippen molar-refractivity contribution in [2.24, 2.45) is 0 Å². The van der Waals surface area contributed by atoms with E-state index in [1.807, 2.05) is 34.7 Å². The number of nitrogens with one attached hydrogen (secondary N) is 1. The van der Waals surface area contributed by atoms with Crippen LogP contribution in [0.1, 0.15) is 45.2 Å². The van der Waals surface area contributed by atoms with Crippen molar-refractivity contribution in [2.45, 2.75) is 53.5 Å². The van der Waals surface area contributed by atoms with Crippen LogP contribution in [0.2, 0.25) is 0 Å². The van der Waals surface area contributed by atoms with Gasteiger partial charge in [-0.25, -0.2) is 0 Å². The normalized spacial score (nSPS) is 10.1. The number of nitriles is 1. The summed E-state index contributed by atoms with van der Waals surface area (Å²) in [5.41, 5.74) is 2.56. The van der Waals surface area contributed by atoms with Gasteiger partial charge in [-0.05, 0) is 26.0 Å². The molecular weight excluding hydrogens is 220 g/mol. The average molecular weight is 248 g/mol. The molecule has 1 aromatic carbocycles. The summed E-state index contributed by atoms with van der Waals surface area (Å²) in [6.07, 6.45) is 1.48. The van der Waals surface area contributed by atoms with Crippen LogP contribution in [0.5, 0.6) is 0 Å². The molecule has 2 heteroatoms. The van der Waals surface area contributed by atoms with Gasteiger partial charge in [-0.3, -0.25) is 0 Å². The molecule has 1 atom stereocenters. The van der Waals surface area contributed by atoms with E-state index in [0.29, 0.717) is 6.42 Å². The fourth-order valence-corrected chi connectivity index (χ4v) is 1.40. The molecule has 18 heavy (non-hydrogen) atoms. The molecule has 0 radical (unpaired) electrons. The second-order valence-corrected chi connectivity index (χ2v) is 3.54. The highest BCUT2D eigenvalue weighted by molar-refractivity contribution is 5.22. The molecule has 0 spiro atoms. The van der Waals surface area contributed by atoms with Crippen LogP contribution in [-0.2, 0) is 6.42 Å². The van der Waals surface area contributed by atoms with E-state index in [1.54, 1.807) is 0 Å². The molecule has 0 aliphatic heterocycles. The maximum atomic E-state index is 8.60. The Kier molecular flexibility index (Phi) is 14.5.